The lowest BCUT2D eigenvalue weighted by Crippen LogP contribution is -1.77. The van der Waals surface area contributed by atoms with Crippen LogP contribution in [0.15, 0.2) is 59.2 Å². The molecule has 0 fully saturated rings. The van der Waals surface area contributed by atoms with Crippen LogP contribution in [0.3, 0.4) is 0 Å². The Balaban J connectivity index is 2.22. The second-order valence-corrected chi connectivity index (χ2v) is 3.43. The van der Waals surface area contributed by atoms with Crippen molar-refractivity contribution in [3.8, 4) is 22.5 Å². The molecule has 1 aliphatic heterocycles. The maximum absolute atomic E-state index is 5.41. The molecule has 1 aromatic carbocycles. The van der Waals surface area contributed by atoms with Crippen LogP contribution in [0.25, 0.3) is 22.5 Å². The largest absolute Gasteiger partial charge is 0.464 e. The van der Waals surface area contributed by atoms with Crippen LogP contribution >= 0.6 is 0 Å². The minimum absolute atomic E-state index is 0.931. The second kappa shape index (κ2) is 3.28. The highest BCUT2D eigenvalue weighted by Gasteiger charge is 2.11. The van der Waals surface area contributed by atoms with Crippen LogP contribution in [0.4, 0.5) is 0 Å². The van der Waals surface area contributed by atoms with Crippen LogP contribution < -0.4 is 0 Å². The Morgan fingerprint density at radius 1 is 0.867 bits per heavy atom. The molecular formula is C14H9O. The first-order valence-corrected chi connectivity index (χ1v) is 4.88. The lowest BCUT2D eigenvalue weighted by atomic mass is 10.0. The van der Waals surface area contributed by atoms with Gasteiger partial charge in [0.15, 0.2) is 0 Å². The molecule has 0 amide bonds. The zero-order valence-electron chi connectivity index (χ0n) is 8.10. The summed E-state index contributed by atoms with van der Waals surface area (Å²) in [7, 11) is 0. The molecule has 0 bridgehead atoms. The normalized spacial score (nSPS) is 10.7. The Kier molecular flexibility index (Phi) is 1.82. The summed E-state index contributed by atoms with van der Waals surface area (Å²) in [6.45, 7) is 0. The molecule has 1 radical (unpaired) electrons. The molecule has 0 N–H and O–H groups in total. The molecule has 0 aromatic heterocycles. The summed E-state index contributed by atoms with van der Waals surface area (Å²) in [5, 5.41) is 0. The minimum atomic E-state index is 0.931. The van der Waals surface area contributed by atoms with Crippen LogP contribution in [-0.2, 0) is 0 Å². The van der Waals surface area contributed by atoms with E-state index in [1.807, 2.05) is 24.3 Å². The van der Waals surface area contributed by atoms with E-state index in [-0.39, 0.29) is 0 Å². The first-order chi connectivity index (χ1) is 7.45. The van der Waals surface area contributed by atoms with Crippen LogP contribution in [0, 0.1) is 6.07 Å². The molecular weight excluding hydrogens is 184 g/mol. The summed E-state index contributed by atoms with van der Waals surface area (Å²) < 4.78 is 5.41. The van der Waals surface area contributed by atoms with Gasteiger partial charge in [-0.1, -0.05) is 24.3 Å². The van der Waals surface area contributed by atoms with Gasteiger partial charge in [-0.3, -0.25) is 0 Å². The summed E-state index contributed by atoms with van der Waals surface area (Å²) in [6.07, 6.45) is 1.70. The maximum atomic E-state index is 5.41. The zero-order chi connectivity index (χ0) is 10.1. The van der Waals surface area contributed by atoms with Gasteiger partial charge in [0.25, 0.3) is 0 Å². The van der Waals surface area contributed by atoms with Crippen molar-refractivity contribution in [3.63, 3.8) is 0 Å². The predicted octanol–water partition coefficient (Wildman–Crippen LogP) is 3.85. The van der Waals surface area contributed by atoms with Gasteiger partial charge in [0, 0.05) is 5.56 Å². The SMILES string of the molecule is [c]1ccc(-c2ccc3occcc2-3)cc1. The van der Waals surface area contributed by atoms with E-state index in [9.17, 15) is 0 Å². The van der Waals surface area contributed by atoms with Crippen molar-refractivity contribution in [3.05, 3.63) is 60.9 Å². The van der Waals surface area contributed by atoms with Gasteiger partial charge >= 0.3 is 0 Å². The van der Waals surface area contributed by atoms with Crippen molar-refractivity contribution in [2.45, 2.75) is 0 Å². The van der Waals surface area contributed by atoms with Gasteiger partial charge in [0.2, 0.25) is 0 Å². The molecule has 0 saturated heterocycles. The van der Waals surface area contributed by atoms with Gasteiger partial charge in [0.05, 0.1) is 6.26 Å². The molecule has 1 aromatic rings. The molecule has 1 nitrogen and oxygen atoms in total. The first kappa shape index (κ1) is 8.30. The Morgan fingerprint density at radius 3 is 2.60 bits per heavy atom. The molecule has 1 heterocycles. The van der Waals surface area contributed by atoms with E-state index in [2.05, 4.69) is 30.3 Å². The van der Waals surface area contributed by atoms with Crippen molar-refractivity contribution in [2.75, 3.05) is 0 Å². The van der Waals surface area contributed by atoms with E-state index in [1.54, 1.807) is 6.26 Å². The summed E-state index contributed by atoms with van der Waals surface area (Å²) in [6, 6.07) is 19.1. The zero-order valence-corrected chi connectivity index (χ0v) is 8.10. The van der Waals surface area contributed by atoms with Gasteiger partial charge in [-0.15, -0.1) is 0 Å². The highest BCUT2D eigenvalue weighted by molar-refractivity contribution is 5.83. The molecule has 1 heteroatoms. The monoisotopic (exact) mass is 193 g/mol. The summed E-state index contributed by atoms with van der Waals surface area (Å²) in [4.78, 5) is 0. The number of benzene rings is 1. The Bertz CT molecular complexity index is 536. The van der Waals surface area contributed by atoms with Crippen molar-refractivity contribution in [2.24, 2.45) is 0 Å². The number of hydrogen-bond donors (Lipinski definition) is 0. The lowest BCUT2D eigenvalue weighted by Gasteiger charge is -2.02. The molecule has 0 unspecified atom stereocenters. The Hall–Kier alpha value is -2.02. The summed E-state index contributed by atoms with van der Waals surface area (Å²) >= 11 is 0. The number of fused-ring (bicyclic) bond motifs is 1. The number of hydrogen-bond acceptors (Lipinski definition) is 1. The quantitative estimate of drug-likeness (QED) is 0.572. The minimum Gasteiger partial charge on any atom is -0.464 e. The summed E-state index contributed by atoms with van der Waals surface area (Å²) in [5.41, 5.74) is 3.57. The van der Waals surface area contributed by atoms with Gasteiger partial charge in [-0.25, -0.2) is 0 Å². The molecule has 3 rings (SSSR count). The maximum Gasteiger partial charge on any atom is 0.134 e. The Morgan fingerprint density at radius 2 is 1.73 bits per heavy atom. The second-order valence-electron chi connectivity index (χ2n) is 3.43. The Labute approximate surface area is 88.3 Å². The van der Waals surface area contributed by atoms with E-state index < -0.39 is 0 Å². The third-order valence-electron chi connectivity index (χ3n) is 2.52. The van der Waals surface area contributed by atoms with Crippen LogP contribution in [0.5, 0.6) is 0 Å². The molecule has 71 valence electrons. The predicted molar refractivity (Wildman–Crippen MR) is 59.6 cm³/mol. The third kappa shape index (κ3) is 1.33. The average Bonchev–Trinajstić information content (AvgIpc) is 2.74. The van der Waals surface area contributed by atoms with Crippen molar-refractivity contribution >= 4 is 0 Å². The molecule has 0 spiro atoms. The van der Waals surface area contributed by atoms with Gasteiger partial charge in [-0.05, 0) is 41.5 Å². The van der Waals surface area contributed by atoms with Gasteiger partial charge < -0.3 is 4.42 Å². The number of rotatable bonds is 1. The highest BCUT2D eigenvalue weighted by atomic mass is 16.3. The molecule has 0 atom stereocenters. The summed E-state index contributed by atoms with van der Waals surface area (Å²) in [5.74, 6) is 0.931. The molecule has 0 saturated carbocycles. The van der Waals surface area contributed by atoms with E-state index >= 15 is 0 Å². The third-order valence-corrected chi connectivity index (χ3v) is 2.52. The van der Waals surface area contributed by atoms with Crippen LogP contribution in [-0.4, -0.2) is 0 Å². The van der Waals surface area contributed by atoms with E-state index in [0.29, 0.717) is 0 Å². The topological polar surface area (TPSA) is 13.1 Å². The van der Waals surface area contributed by atoms with Crippen molar-refractivity contribution < 1.29 is 4.42 Å². The van der Waals surface area contributed by atoms with E-state index in [0.717, 1.165) is 11.3 Å². The fourth-order valence-electron chi connectivity index (χ4n) is 1.81. The van der Waals surface area contributed by atoms with Crippen molar-refractivity contribution in [1.82, 2.24) is 0 Å². The molecule has 15 heavy (non-hydrogen) atoms. The van der Waals surface area contributed by atoms with E-state index in [4.69, 9.17) is 4.42 Å². The lowest BCUT2D eigenvalue weighted by molar-refractivity contribution is 0.567. The van der Waals surface area contributed by atoms with Crippen molar-refractivity contribution in [1.29, 1.82) is 0 Å². The average molecular weight is 193 g/mol. The smallest absolute Gasteiger partial charge is 0.134 e. The standard InChI is InChI=1S/C14H9O/c1-2-5-11(6-3-1)12-8-9-14-13(12)7-4-10-15-14/h2-10H. The molecule has 2 aliphatic rings. The fourth-order valence-corrected chi connectivity index (χ4v) is 1.81. The van der Waals surface area contributed by atoms with Gasteiger partial charge in [-0.2, -0.15) is 0 Å². The van der Waals surface area contributed by atoms with Crippen LogP contribution in [0.1, 0.15) is 0 Å². The van der Waals surface area contributed by atoms with E-state index in [1.165, 1.54) is 11.1 Å². The van der Waals surface area contributed by atoms with Crippen LogP contribution in [0.2, 0.25) is 0 Å². The molecule has 1 aliphatic carbocycles. The first-order valence-electron chi connectivity index (χ1n) is 4.88. The van der Waals surface area contributed by atoms with Gasteiger partial charge in [0.1, 0.15) is 5.76 Å². The highest BCUT2D eigenvalue weighted by Crippen LogP contribution is 2.34. The fraction of sp³-hybridized carbons (Fsp3) is 0.